The van der Waals surface area contributed by atoms with Gasteiger partial charge in [-0.15, -0.1) is 0 Å². The van der Waals surface area contributed by atoms with Gasteiger partial charge < -0.3 is 4.42 Å². The van der Waals surface area contributed by atoms with Crippen LogP contribution >= 0.6 is 0 Å². The molecule has 0 bridgehead atoms. The summed E-state index contributed by atoms with van der Waals surface area (Å²) in [4.78, 5) is 4.40. The number of benzene rings is 3. The van der Waals surface area contributed by atoms with Crippen molar-refractivity contribution >= 4 is 32.6 Å². The summed E-state index contributed by atoms with van der Waals surface area (Å²) in [6.45, 7) is 1.89. The minimum Gasteiger partial charge on any atom is -0.440 e. The Balaban J connectivity index is 2.37. The highest BCUT2D eigenvalue weighted by Gasteiger charge is 2.09. The molecule has 0 atom stereocenters. The number of hydrogen-bond donors (Lipinski definition) is 0. The largest absolute Gasteiger partial charge is 0.440 e. The molecule has 1 aromatic heterocycles. The molecule has 0 aliphatic carbocycles. The van der Waals surface area contributed by atoms with Crippen LogP contribution in [0, 0.1) is 6.92 Å². The smallest absolute Gasteiger partial charge is 0.192 e. The van der Waals surface area contributed by atoms with Crippen LogP contribution in [0.2, 0.25) is 0 Å². The van der Waals surface area contributed by atoms with Gasteiger partial charge >= 0.3 is 0 Å². The summed E-state index contributed by atoms with van der Waals surface area (Å²) < 4.78 is 5.78. The van der Waals surface area contributed by atoms with E-state index in [0.717, 1.165) is 16.5 Å². The molecule has 86 valence electrons. The predicted molar refractivity (Wildman–Crippen MR) is 73.8 cm³/mol. The normalized spacial score (nSPS) is 11.6. The third-order valence-corrected chi connectivity index (χ3v) is 3.37. The summed E-state index contributed by atoms with van der Waals surface area (Å²) in [5, 5.41) is 4.80. The molecule has 0 fully saturated rings. The number of fused-ring (bicyclic) bond motifs is 5. The second-order valence-corrected chi connectivity index (χ2v) is 4.53. The summed E-state index contributed by atoms with van der Waals surface area (Å²) in [5.41, 5.74) is 1.82. The first-order chi connectivity index (χ1) is 8.83. The Hall–Kier alpha value is -2.35. The molecule has 0 aliphatic heterocycles. The average molecular weight is 233 g/mol. The molecule has 2 nitrogen and oxygen atoms in total. The quantitative estimate of drug-likeness (QED) is 0.419. The summed E-state index contributed by atoms with van der Waals surface area (Å²) in [6, 6.07) is 16.8. The minimum atomic E-state index is 0.713. The Bertz CT molecular complexity index is 889. The summed E-state index contributed by atoms with van der Waals surface area (Å²) in [7, 11) is 0. The van der Waals surface area contributed by atoms with Gasteiger partial charge in [0.1, 0.15) is 5.52 Å². The topological polar surface area (TPSA) is 26.0 Å². The molecule has 1 heterocycles. The van der Waals surface area contributed by atoms with E-state index < -0.39 is 0 Å². The molecule has 0 saturated heterocycles. The fourth-order valence-electron chi connectivity index (χ4n) is 2.58. The molecule has 0 amide bonds. The number of nitrogens with zero attached hydrogens (tertiary/aromatic N) is 1. The van der Waals surface area contributed by atoms with Crippen LogP contribution in [0.5, 0.6) is 0 Å². The van der Waals surface area contributed by atoms with Crippen LogP contribution in [0.25, 0.3) is 32.6 Å². The first-order valence-electron chi connectivity index (χ1n) is 6.00. The molecule has 0 spiro atoms. The maximum absolute atomic E-state index is 5.78. The maximum Gasteiger partial charge on any atom is 0.192 e. The van der Waals surface area contributed by atoms with Gasteiger partial charge in [0.25, 0.3) is 0 Å². The van der Waals surface area contributed by atoms with Crippen molar-refractivity contribution in [2.45, 2.75) is 6.92 Å². The van der Waals surface area contributed by atoms with Crippen molar-refractivity contribution in [1.82, 2.24) is 4.98 Å². The van der Waals surface area contributed by atoms with Gasteiger partial charge in [0.2, 0.25) is 0 Å². The van der Waals surface area contributed by atoms with Crippen molar-refractivity contribution in [3.05, 3.63) is 54.4 Å². The molecule has 0 N–H and O–H groups in total. The lowest BCUT2D eigenvalue weighted by atomic mass is 10.0. The molecule has 4 rings (SSSR count). The third-order valence-electron chi connectivity index (χ3n) is 3.37. The molecule has 0 radical (unpaired) electrons. The van der Waals surface area contributed by atoms with E-state index in [4.69, 9.17) is 4.42 Å². The van der Waals surface area contributed by atoms with Crippen molar-refractivity contribution in [3.8, 4) is 0 Å². The van der Waals surface area contributed by atoms with Crippen LogP contribution in [0.15, 0.2) is 52.9 Å². The lowest BCUT2D eigenvalue weighted by Crippen LogP contribution is -1.78. The molecule has 0 unspecified atom stereocenters. The van der Waals surface area contributed by atoms with E-state index in [1.165, 1.54) is 16.2 Å². The van der Waals surface area contributed by atoms with Gasteiger partial charge in [-0.05, 0) is 22.2 Å². The van der Waals surface area contributed by atoms with Crippen molar-refractivity contribution in [3.63, 3.8) is 0 Å². The number of oxazole rings is 1. The van der Waals surface area contributed by atoms with Crippen LogP contribution in [-0.2, 0) is 0 Å². The number of rotatable bonds is 0. The molecule has 4 aromatic rings. The van der Waals surface area contributed by atoms with Crippen molar-refractivity contribution < 1.29 is 4.42 Å². The monoisotopic (exact) mass is 233 g/mol. The zero-order valence-corrected chi connectivity index (χ0v) is 9.97. The van der Waals surface area contributed by atoms with Crippen LogP contribution in [-0.4, -0.2) is 4.98 Å². The molecule has 3 aromatic carbocycles. The molecular weight excluding hydrogens is 222 g/mol. The zero-order chi connectivity index (χ0) is 12.1. The van der Waals surface area contributed by atoms with E-state index in [9.17, 15) is 0 Å². The Morgan fingerprint density at radius 1 is 0.889 bits per heavy atom. The van der Waals surface area contributed by atoms with Crippen molar-refractivity contribution in [2.75, 3.05) is 0 Å². The van der Waals surface area contributed by atoms with Crippen molar-refractivity contribution in [2.24, 2.45) is 0 Å². The van der Waals surface area contributed by atoms with E-state index in [-0.39, 0.29) is 0 Å². The Kier molecular flexibility index (Phi) is 1.78. The van der Waals surface area contributed by atoms with E-state index >= 15 is 0 Å². The Morgan fingerprint density at radius 3 is 2.61 bits per heavy atom. The first-order valence-corrected chi connectivity index (χ1v) is 6.00. The van der Waals surface area contributed by atoms with Crippen LogP contribution < -0.4 is 0 Å². The highest BCUT2D eigenvalue weighted by Crippen LogP contribution is 2.32. The summed E-state index contributed by atoms with van der Waals surface area (Å²) in [6.07, 6.45) is 0. The second kappa shape index (κ2) is 3.33. The number of aryl methyl sites for hydroxylation is 1. The predicted octanol–water partition coefficient (Wildman–Crippen LogP) is 4.44. The molecule has 2 heteroatoms. The van der Waals surface area contributed by atoms with Crippen LogP contribution in [0.4, 0.5) is 0 Å². The zero-order valence-electron chi connectivity index (χ0n) is 9.97. The molecular formula is C16H11NO. The fraction of sp³-hybridized carbons (Fsp3) is 0.0625. The van der Waals surface area contributed by atoms with Crippen LogP contribution in [0.1, 0.15) is 5.89 Å². The lowest BCUT2D eigenvalue weighted by molar-refractivity contribution is 0.564. The second-order valence-electron chi connectivity index (χ2n) is 4.53. The minimum absolute atomic E-state index is 0.713. The van der Waals surface area contributed by atoms with E-state index in [1.807, 2.05) is 13.0 Å². The molecule has 18 heavy (non-hydrogen) atoms. The van der Waals surface area contributed by atoms with Gasteiger partial charge in [-0.25, -0.2) is 4.98 Å². The van der Waals surface area contributed by atoms with Gasteiger partial charge in [-0.1, -0.05) is 42.5 Å². The van der Waals surface area contributed by atoms with E-state index in [1.54, 1.807) is 0 Å². The van der Waals surface area contributed by atoms with Gasteiger partial charge in [-0.3, -0.25) is 0 Å². The first kappa shape index (κ1) is 9.66. The summed E-state index contributed by atoms with van der Waals surface area (Å²) >= 11 is 0. The highest BCUT2D eigenvalue weighted by atomic mass is 16.3. The Morgan fingerprint density at radius 2 is 1.67 bits per heavy atom. The van der Waals surface area contributed by atoms with E-state index in [0.29, 0.717) is 5.89 Å². The highest BCUT2D eigenvalue weighted by molar-refractivity contribution is 6.17. The van der Waals surface area contributed by atoms with Gasteiger partial charge in [0.05, 0.1) is 0 Å². The van der Waals surface area contributed by atoms with E-state index in [2.05, 4.69) is 47.4 Å². The van der Waals surface area contributed by atoms with Gasteiger partial charge in [0, 0.05) is 12.3 Å². The average Bonchev–Trinajstić information content (AvgIpc) is 2.78. The van der Waals surface area contributed by atoms with Gasteiger partial charge in [-0.2, -0.15) is 0 Å². The molecule has 0 saturated carbocycles. The lowest BCUT2D eigenvalue weighted by Gasteiger charge is -2.03. The van der Waals surface area contributed by atoms with Crippen LogP contribution in [0.3, 0.4) is 0 Å². The number of aromatic nitrogens is 1. The number of hydrogen-bond acceptors (Lipinski definition) is 2. The van der Waals surface area contributed by atoms with Gasteiger partial charge in [0.15, 0.2) is 11.5 Å². The van der Waals surface area contributed by atoms with Crippen molar-refractivity contribution in [1.29, 1.82) is 0 Å². The SMILES string of the molecule is Cc1nc2ccc3ccc4ccccc4c3c2o1. The standard InChI is InChI=1S/C16H11NO/c1-10-17-14-9-8-12-7-6-11-4-2-3-5-13(11)15(12)16(14)18-10/h2-9H,1H3. The Labute approximate surface area is 104 Å². The third kappa shape index (κ3) is 1.20. The fourth-order valence-corrected chi connectivity index (χ4v) is 2.58. The molecule has 0 aliphatic rings. The summed E-state index contributed by atoms with van der Waals surface area (Å²) in [5.74, 6) is 0.713. The maximum atomic E-state index is 5.78.